The van der Waals surface area contributed by atoms with E-state index in [1.54, 1.807) is 14.0 Å². The van der Waals surface area contributed by atoms with Gasteiger partial charge >= 0.3 is 5.97 Å². The molecule has 0 saturated carbocycles. The summed E-state index contributed by atoms with van der Waals surface area (Å²) in [5, 5.41) is 0. The largest absolute Gasteiger partial charge is 0.497 e. The van der Waals surface area contributed by atoms with Gasteiger partial charge < -0.3 is 14.4 Å². The van der Waals surface area contributed by atoms with Crippen LogP contribution in [0.5, 0.6) is 5.75 Å². The van der Waals surface area contributed by atoms with Gasteiger partial charge in [0.15, 0.2) is 0 Å². The van der Waals surface area contributed by atoms with E-state index < -0.39 is 5.97 Å². The molecule has 0 aliphatic rings. The third-order valence-electron chi connectivity index (χ3n) is 3.59. The molecule has 0 saturated heterocycles. The average Bonchev–Trinajstić information content (AvgIpc) is 2.67. The fourth-order valence-corrected chi connectivity index (χ4v) is 3.21. The molecule has 0 N–H and O–H groups in total. The van der Waals surface area contributed by atoms with Crippen molar-refractivity contribution in [2.75, 3.05) is 30.9 Å². The lowest BCUT2D eigenvalue weighted by Gasteiger charge is -2.21. The van der Waals surface area contributed by atoms with Gasteiger partial charge in [-0.25, -0.2) is 0 Å². The fourth-order valence-electron chi connectivity index (χ4n) is 2.36. The minimum atomic E-state index is -0.414. The maximum atomic E-state index is 12.7. The first-order valence-corrected chi connectivity index (χ1v) is 9.51. The highest BCUT2D eigenvalue weighted by Gasteiger charge is 2.19. The Morgan fingerprint density at radius 2 is 1.85 bits per heavy atom. The molecule has 0 unspecified atom stereocenters. The van der Waals surface area contributed by atoms with E-state index in [4.69, 9.17) is 9.47 Å². The molecule has 0 aromatic heterocycles. The van der Waals surface area contributed by atoms with E-state index in [9.17, 15) is 9.59 Å². The van der Waals surface area contributed by atoms with Crippen LogP contribution >= 0.6 is 11.8 Å². The molecular formula is C20H23NO4S. The van der Waals surface area contributed by atoms with E-state index in [2.05, 4.69) is 0 Å². The first-order chi connectivity index (χ1) is 12.6. The predicted molar refractivity (Wildman–Crippen MR) is 105 cm³/mol. The Balaban J connectivity index is 1.98. The van der Waals surface area contributed by atoms with Crippen molar-refractivity contribution in [1.82, 2.24) is 0 Å². The second-order valence-electron chi connectivity index (χ2n) is 5.46. The van der Waals surface area contributed by atoms with Gasteiger partial charge in [0.2, 0.25) is 5.91 Å². The molecule has 0 atom stereocenters. The smallest absolute Gasteiger partial charge is 0.326 e. The van der Waals surface area contributed by atoms with Crippen LogP contribution in [-0.2, 0) is 20.1 Å². The summed E-state index contributed by atoms with van der Waals surface area (Å²) in [5.74, 6) is 1.21. The van der Waals surface area contributed by atoms with Gasteiger partial charge in [-0.3, -0.25) is 9.59 Å². The van der Waals surface area contributed by atoms with Crippen LogP contribution in [0.3, 0.4) is 0 Å². The summed E-state index contributed by atoms with van der Waals surface area (Å²) in [7, 11) is 1.63. The number of rotatable bonds is 9. The second kappa shape index (κ2) is 10.5. The van der Waals surface area contributed by atoms with E-state index in [1.165, 1.54) is 16.7 Å². The van der Waals surface area contributed by atoms with Crippen LogP contribution in [0.1, 0.15) is 12.5 Å². The van der Waals surface area contributed by atoms with Gasteiger partial charge in [0, 0.05) is 11.4 Å². The normalized spacial score (nSPS) is 10.2. The van der Waals surface area contributed by atoms with Crippen LogP contribution in [-0.4, -0.2) is 37.9 Å². The summed E-state index contributed by atoms with van der Waals surface area (Å²) in [6.07, 6.45) is 0. The Kier molecular flexibility index (Phi) is 8.02. The zero-order valence-electron chi connectivity index (χ0n) is 15.0. The molecule has 0 fully saturated rings. The van der Waals surface area contributed by atoms with Crippen molar-refractivity contribution in [2.45, 2.75) is 12.7 Å². The van der Waals surface area contributed by atoms with E-state index in [0.29, 0.717) is 18.0 Å². The highest BCUT2D eigenvalue weighted by Crippen LogP contribution is 2.20. The van der Waals surface area contributed by atoms with Crippen molar-refractivity contribution in [1.29, 1.82) is 0 Å². The molecule has 6 heteroatoms. The SMILES string of the molecule is CCOC(=O)CN(C(=O)CSCc1cccc(OC)c1)c1ccccc1. The van der Waals surface area contributed by atoms with E-state index in [-0.39, 0.29) is 18.2 Å². The number of amides is 1. The number of benzene rings is 2. The number of para-hydroxylation sites is 1. The number of hydrogen-bond acceptors (Lipinski definition) is 5. The van der Waals surface area contributed by atoms with Gasteiger partial charge in [-0.2, -0.15) is 0 Å². The summed E-state index contributed by atoms with van der Waals surface area (Å²) in [6, 6.07) is 16.9. The first kappa shape index (κ1) is 19.8. The van der Waals surface area contributed by atoms with Crippen LogP contribution in [0.2, 0.25) is 0 Å². The molecule has 5 nitrogen and oxygen atoms in total. The van der Waals surface area contributed by atoms with Crippen LogP contribution in [0.25, 0.3) is 0 Å². The first-order valence-electron chi connectivity index (χ1n) is 8.35. The zero-order chi connectivity index (χ0) is 18.8. The number of carbonyl (C=O) groups excluding carboxylic acids is 2. The number of thioether (sulfide) groups is 1. The van der Waals surface area contributed by atoms with Gasteiger partial charge in [-0.05, 0) is 36.8 Å². The molecule has 0 bridgehead atoms. The Morgan fingerprint density at radius 1 is 1.08 bits per heavy atom. The number of hydrogen-bond donors (Lipinski definition) is 0. The maximum Gasteiger partial charge on any atom is 0.326 e. The molecular weight excluding hydrogens is 350 g/mol. The van der Waals surface area contributed by atoms with E-state index in [1.807, 2.05) is 54.6 Å². The molecule has 0 aliphatic carbocycles. The third-order valence-corrected chi connectivity index (χ3v) is 4.58. The highest BCUT2D eigenvalue weighted by molar-refractivity contribution is 7.99. The lowest BCUT2D eigenvalue weighted by molar-refractivity contribution is -0.142. The Hall–Kier alpha value is -2.47. The minimum Gasteiger partial charge on any atom is -0.497 e. The average molecular weight is 373 g/mol. The van der Waals surface area contributed by atoms with Crippen LogP contribution in [0.15, 0.2) is 54.6 Å². The van der Waals surface area contributed by atoms with Crippen molar-refractivity contribution in [2.24, 2.45) is 0 Å². The molecule has 2 aromatic carbocycles. The van der Waals surface area contributed by atoms with Crippen molar-refractivity contribution in [3.63, 3.8) is 0 Å². The fraction of sp³-hybridized carbons (Fsp3) is 0.300. The number of nitrogens with zero attached hydrogens (tertiary/aromatic N) is 1. The zero-order valence-corrected chi connectivity index (χ0v) is 15.8. The van der Waals surface area contributed by atoms with Gasteiger partial charge in [-0.15, -0.1) is 11.8 Å². The Morgan fingerprint density at radius 3 is 2.54 bits per heavy atom. The van der Waals surface area contributed by atoms with Crippen molar-refractivity contribution in [3.05, 3.63) is 60.2 Å². The molecule has 0 heterocycles. The molecule has 0 aliphatic heterocycles. The van der Waals surface area contributed by atoms with Gasteiger partial charge in [0.05, 0.1) is 19.5 Å². The van der Waals surface area contributed by atoms with Gasteiger partial charge in [-0.1, -0.05) is 30.3 Å². The monoisotopic (exact) mass is 373 g/mol. The maximum absolute atomic E-state index is 12.7. The van der Waals surface area contributed by atoms with E-state index >= 15 is 0 Å². The number of esters is 1. The molecule has 2 aromatic rings. The standard InChI is InChI=1S/C20H23NO4S/c1-3-25-20(23)13-21(17-9-5-4-6-10-17)19(22)15-26-14-16-8-7-11-18(12-16)24-2/h4-12H,3,13-15H2,1-2H3. The second-order valence-corrected chi connectivity index (χ2v) is 6.45. The quantitative estimate of drug-likeness (QED) is 0.630. The third kappa shape index (κ3) is 6.11. The number of carbonyl (C=O) groups is 2. The van der Waals surface area contributed by atoms with Crippen LogP contribution in [0.4, 0.5) is 5.69 Å². The van der Waals surface area contributed by atoms with Crippen LogP contribution < -0.4 is 9.64 Å². The van der Waals surface area contributed by atoms with Gasteiger partial charge in [0.25, 0.3) is 0 Å². The topological polar surface area (TPSA) is 55.8 Å². The van der Waals surface area contributed by atoms with E-state index in [0.717, 1.165) is 11.3 Å². The molecule has 138 valence electrons. The molecule has 0 spiro atoms. The van der Waals surface area contributed by atoms with Crippen molar-refractivity contribution >= 4 is 29.3 Å². The summed E-state index contributed by atoms with van der Waals surface area (Å²) in [6.45, 7) is 1.95. The van der Waals surface area contributed by atoms with Crippen molar-refractivity contribution < 1.29 is 19.1 Å². The number of methoxy groups -OCH3 is 1. The highest BCUT2D eigenvalue weighted by atomic mass is 32.2. The summed E-state index contributed by atoms with van der Waals surface area (Å²) in [4.78, 5) is 26.0. The molecule has 0 radical (unpaired) electrons. The predicted octanol–water partition coefficient (Wildman–Crippen LogP) is 3.52. The summed E-state index contributed by atoms with van der Waals surface area (Å²) in [5.41, 5.74) is 1.77. The van der Waals surface area contributed by atoms with Crippen LogP contribution in [0, 0.1) is 0 Å². The van der Waals surface area contributed by atoms with Gasteiger partial charge in [0.1, 0.15) is 12.3 Å². The number of anilines is 1. The molecule has 26 heavy (non-hydrogen) atoms. The molecule has 2 rings (SSSR count). The Labute approximate surface area is 158 Å². The molecule has 1 amide bonds. The lowest BCUT2D eigenvalue weighted by atomic mass is 10.2. The number of ether oxygens (including phenoxy) is 2. The minimum absolute atomic E-state index is 0.0869. The Bertz CT molecular complexity index is 721. The summed E-state index contributed by atoms with van der Waals surface area (Å²) < 4.78 is 10.2. The summed E-state index contributed by atoms with van der Waals surface area (Å²) >= 11 is 1.50. The lowest BCUT2D eigenvalue weighted by Crippen LogP contribution is -2.37. The van der Waals surface area contributed by atoms with Crippen molar-refractivity contribution in [3.8, 4) is 5.75 Å².